The van der Waals surface area contributed by atoms with Gasteiger partial charge in [-0.05, 0) is 12.8 Å². The van der Waals surface area contributed by atoms with Crippen molar-refractivity contribution in [3.63, 3.8) is 0 Å². The van der Waals surface area contributed by atoms with Crippen molar-refractivity contribution in [2.75, 3.05) is 44.0 Å². The highest BCUT2D eigenvalue weighted by Gasteiger charge is 2.27. The van der Waals surface area contributed by atoms with E-state index in [1.807, 2.05) is 0 Å². The highest BCUT2D eigenvalue weighted by Crippen LogP contribution is 2.25. The molecular weight excluding hydrogens is 246 g/mol. The van der Waals surface area contributed by atoms with E-state index in [1.165, 1.54) is 6.33 Å². The molecule has 1 aromatic heterocycles. The van der Waals surface area contributed by atoms with Crippen LogP contribution < -0.4 is 21.5 Å². The minimum atomic E-state index is -0.275. The number of hydrogen-bond acceptors (Lipinski definition) is 6. The summed E-state index contributed by atoms with van der Waals surface area (Å²) in [5.41, 5.74) is 5.74. The molecular formula is C12H21N5O2. The molecule has 0 amide bonds. The Kier molecular flexibility index (Phi) is 4.75. The molecule has 1 atom stereocenters. The van der Waals surface area contributed by atoms with Crippen LogP contribution in [0.15, 0.2) is 11.1 Å². The molecule has 1 unspecified atom stereocenters. The van der Waals surface area contributed by atoms with Crippen LogP contribution in [0, 0.1) is 0 Å². The Bertz CT molecular complexity index is 462. The number of methoxy groups -OCH3 is 1. The third kappa shape index (κ3) is 3.24. The number of rotatable bonds is 6. The Balaban J connectivity index is 2.02. The SMILES string of the molecule is COCCNCC1CCCN1c1nc[nH]c(=O)c1N. The van der Waals surface area contributed by atoms with Crippen molar-refractivity contribution in [2.24, 2.45) is 0 Å². The molecule has 0 aromatic carbocycles. The van der Waals surface area contributed by atoms with Gasteiger partial charge in [0.1, 0.15) is 5.69 Å². The van der Waals surface area contributed by atoms with Crippen molar-refractivity contribution < 1.29 is 4.74 Å². The van der Waals surface area contributed by atoms with E-state index in [9.17, 15) is 4.79 Å². The van der Waals surface area contributed by atoms with Crippen LogP contribution in [0.4, 0.5) is 11.5 Å². The average molecular weight is 267 g/mol. The molecule has 0 bridgehead atoms. The first-order chi connectivity index (χ1) is 9.24. The third-order valence-corrected chi connectivity index (χ3v) is 3.38. The predicted molar refractivity (Wildman–Crippen MR) is 74.4 cm³/mol. The van der Waals surface area contributed by atoms with Gasteiger partial charge in [0.15, 0.2) is 5.82 Å². The highest BCUT2D eigenvalue weighted by atomic mass is 16.5. The van der Waals surface area contributed by atoms with Gasteiger partial charge in [-0.2, -0.15) is 0 Å². The molecule has 1 aromatic rings. The Morgan fingerprint density at radius 3 is 3.32 bits per heavy atom. The summed E-state index contributed by atoms with van der Waals surface area (Å²) in [5, 5.41) is 3.34. The topological polar surface area (TPSA) is 96.3 Å². The number of hydrogen-bond donors (Lipinski definition) is 3. The number of nitrogens with one attached hydrogen (secondary N) is 2. The smallest absolute Gasteiger partial charge is 0.276 e. The lowest BCUT2D eigenvalue weighted by atomic mass is 10.2. The number of anilines is 2. The third-order valence-electron chi connectivity index (χ3n) is 3.38. The minimum Gasteiger partial charge on any atom is -0.391 e. The summed E-state index contributed by atoms with van der Waals surface area (Å²) in [6.45, 7) is 3.24. The molecule has 0 saturated carbocycles. The second kappa shape index (κ2) is 6.53. The number of aromatic amines is 1. The molecule has 19 heavy (non-hydrogen) atoms. The molecule has 7 heteroatoms. The van der Waals surface area contributed by atoms with Crippen LogP contribution in [-0.4, -0.2) is 49.4 Å². The van der Waals surface area contributed by atoms with E-state index >= 15 is 0 Å². The zero-order chi connectivity index (χ0) is 13.7. The van der Waals surface area contributed by atoms with E-state index < -0.39 is 0 Å². The Morgan fingerprint density at radius 2 is 2.53 bits per heavy atom. The van der Waals surface area contributed by atoms with Gasteiger partial charge in [0, 0.05) is 32.8 Å². The van der Waals surface area contributed by atoms with Crippen LogP contribution in [0.1, 0.15) is 12.8 Å². The molecule has 4 N–H and O–H groups in total. The summed E-state index contributed by atoms with van der Waals surface area (Å²) < 4.78 is 5.00. The molecule has 1 fully saturated rings. The first kappa shape index (κ1) is 13.8. The lowest BCUT2D eigenvalue weighted by Gasteiger charge is -2.26. The molecule has 1 saturated heterocycles. The molecule has 1 aliphatic rings. The van der Waals surface area contributed by atoms with Crippen LogP contribution in [0.25, 0.3) is 0 Å². The molecule has 0 aliphatic carbocycles. The van der Waals surface area contributed by atoms with Crippen LogP contribution in [0.5, 0.6) is 0 Å². The molecule has 1 aliphatic heterocycles. The van der Waals surface area contributed by atoms with E-state index in [0.717, 1.165) is 32.5 Å². The normalized spacial score (nSPS) is 19.0. The van der Waals surface area contributed by atoms with Crippen molar-refractivity contribution in [3.05, 3.63) is 16.7 Å². The molecule has 0 spiro atoms. The van der Waals surface area contributed by atoms with Crippen LogP contribution in [0.2, 0.25) is 0 Å². The number of nitrogen functional groups attached to an aromatic ring is 1. The van der Waals surface area contributed by atoms with Crippen molar-refractivity contribution in [3.8, 4) is 0 Å². The van der Waals surface area contributed by atoms with Gasteiger partial charge in [-0.3, -0.25) is 4.79 Å². The minimum absolute atomic E-state index is 0.200. The maximum atomic E-state index is 11.5. The van der Waals surface area contributed by atoms with E-state index in [0.29, 0.717) is 18.5 Å². The largest absolute Gasteiger partial charge is 0.391 e. The maximum Gasteiger partial charge on any atom is 0.276 e. The van der Waals surface area contributed by atoms with Gasteiger partial charge in [0.05, 0.1) is 12.9 Å². The zero-order valence-corrected chi connectivity index (χ0v) is 11.2. The predicted octanol–water partition coefficient (Wildman–Crippen LogP) is -0.443. The monoisotopic (exact) mass is 267 g/mol. The van der Waals surface area contributed by atoms with E-state index in [2.05, 4.69) is 20.2 Å². The number of aromatic nitrogens is 2. The number of H-pyrrole nitrogens is 1. The van der Waals surface area contributed by atoms with Gasteiger partial charge in [-0.25, -0.2) is 4.98 Å². The molecule has 7 nitrogen and oxygen atoms in total. The Hall–Kier alpha value is -1.60. The molecule has 2 rings (SSSR count). The van der Waals surface area contributed by atoms with Gasteiger partial charge in [-0.1, -0.05) is 0 Å². The van der Waals surface area contributed by atoms with Crippen LogP contribution >= 0.6 is 0 Å². The first-order valence-electron chi connectivity index (χ1n) is 6.53. The van der Waals surface area contributed by atoms with Gasteiger partial charge in [0.2, 0.25) is 0 Å². The summed E-state index contributed by atoms with van der Waals surface area (Å²) in [6, 6.07) is 0.327. The highest BCUT2D eigenvalue weighted by molar-refractivity contribution is 5.61. The Labute approximate surface area is 112 Å². The van der Waals surface area contributed by atoms with E-state index in [-0.39, 0.29) is 11.2 Å². The summed E-state index contributed by atoms with van der Waals surface area (Å²) in [5.74, 6) is 0.597. The number of ether oxygens (including phenoxy) is 1. The molecule has 0 radical (unpaired) electrons. The van der Waals surface area contributed by atoms with Gasteiger partial charge in [0.25, 0.3) is 5.56 Å². The van der Waals surface area contributed by atoms with Gasteiger partial charge >= 0.3 is 0 Å². The fourth-order valence-corrected chi connectivity index (χ4v) is 2.40. The number of nitrogens with two attached hydrogens (primary N) is 1. The van der Waals surface area contributed by atoms with Crippen molar-refractivity contribution >= 4 is 11.5 Å². The molecule has 2 heterocycles. The summed E-state index contributed by atoms with van der Waals surface area (Å²) in [6.07, 6.45) is 3.57. The van der Waals surface area contributed by atoms with Gasteiger partial charge < -0.3 is 25.7 Å². The fraction of sp³-hybridized carbons (Fsp3) is 0.667. The average Bonchev–Trinajstić information content (AvgIpc) is 2.86. The Morgan fingerprint density at radius 1 is 1.68 bits per heavy atom. The molecule has 106 valence electrons. The van der Waals surface area contributed by atoms with Gasteiger partial charge in [-0.15, -0.1) is 0 Å². The lowest BCUT2D eigenvalue weighted by Crippen LogP contribution is -2.40. The first-order valence-corrected chi connectivity index (χ1v) is 6.53. The second-order valence-corrected chi connectivity index (χ2v) is 4.66. The summed E-state index contributed by atoms with van der Waals surface area (Å²) >= 11 is 0. The van der Waals surface area contributed by atoms with E-state index in [1.54, 1.807) is 7.11 Å². The quantitative estimate of drug-likeness (QED) is 0.605. The van der Waals surface area contributed by atoms with E-state index in [4.69, 9.17) is 10.5 Å². The van der Waals surface area contributed by atoms with Crippen LogP contribution in [0.3, 0.4) is 0 Å². The lowest BCUT2D eigenvalue weighted by molar-refractivity contribution is 0.199. The van der Waals surface area contributed by atoms with Crippen molar-refractivity contribution in [1.82, 2.24) is 15.3 Å². The second-order valence-electron chi connectivity index (χ2n) is 4.66. The standard InChI is InChI=1S/C12H21N5O2/c1-19-6-4-14-7-9-3-2-5-17(9)11-10(13)12(18)16-8-15-11/h8-9,14H,2-7,13H2,1H3,(H,15,16,18). The van der Waals surface area contributed by atoms with Crippen molar-refractivity contribution in [2.45, 2.75) is 18.9 Å². The fourth-order valence-electron chi connectivity index (χ4n) is 2.40. The maximum absolute atomic E-state index is 11.5. The van der Waals surface area contributed by atoms with Crippen molar-refractivity contribution in [1.29, 1.82) is 0 Å². The summed E-state index contributed by atoms with van der Waals surface area (Å²) in [4.78, 5) is 20.3. The zero-order valence-electron chi connectivity index (χ0n) is 11.2. The van der Waals surface area contributed by atoms with Crippen LogP contribution in [-0.2, 0) is 4.74 Å². The summed E-state index contributed by atoms with van der Waals surface area (Å²) in [7, 11) is 1.68. The number of nitrogens with zero attached hydrogens (tertiary/aromatic N) is 2.